The first-order valence-corrected chi connectivity index (χ1v) is 6.27. The maximum atomic E-state index is 5.53. The topological polar surface area (TPSA) is 63.0 Å². The summed E-state index contributed by atoms with van der Waals surface area (Å²) in [6, 6.07) is 1.46. The Morgan fingerprint density at radius 1 is 1.35 bits per heavy atom. The monoisotopic (exact) mass is 238 g/mol. The molecule has 0 amide bonds. The summed E-state index contributed by atoms with van der Waals surface area (Å²) in [5.41, 5.74) is 0.168. The van der Waals surface area contributed by atoms with Crippen LogP contribution in [0.2, 0.25) is 0 Å². The van der Waals surface area contributed by atoms with Crippen molar-refractivity contribution in [2.24, 2.45) is 5.41 Å². The van der Waals surface area contributed by atoms with E-state index in [0.717, 1.165) is 0 Å². The first-order valence-electron chi connectivity index (χ1n) is 6.27. The van der Waals surface area contributed by atoms with Crippen molar-refractivity contribution < 1.29 is 4.42 Å². The molecule has 0 spiro atoms. The molecule has 5 nitrogen and oxygen atoms in total. The van der Waals surface area contributed by atoms with Crippen LogP contribution in [0.15, 0.2) is 4.42 Å². The Hall–Kier alpha value is -1.10. The van der Waals surface area contributed by atoms with Crippen LogP contribution in [-0.4, -0.2) is 22.3 Å². The van der Waals surface area contributed by atoms with E-state index < -0.39 is 0 Å². The summed E-state index contributed by atoms with van der Waals surface area (Å²) in [5, 5.41) is 14.6. The molecule has 0 aliphatic heterocycles. The zero-order valence-corrected chi connectivity index (χ0v) is 11.1. The normalized spacial score (nSPS) is 18.1. The fraction of sp³-hybridized carbons (Fsp3) is 0.833. The van der Waals surface area contributed by atoms with Crippen LogP contribution in [0, 0.1) is 5.41 Å². The van der Waals surface area contributed by atoms with Gasteiger partial charge in [-0.15, -0.1) is 5.10 Å². The number of nitrogens with one attached hydrogen (secondary N) is 2. The molecule has 0 saturated heterocycles. The lowest BCUT2D eigenvalue weighted by molar-refractivity contribution is 0.350. The van der Waals surface area contributed by atoms with Crippen LogP contribution in [0.25, 0.3) is 0 Å². The summed E-state index contributed by atoms with van der Waals surface area (Å²) < 4.78 is 5.53. The van der Waals surface area contributed by atoms with Gasteiger partial charge in [-0.25, -0.2) is 0 Å². The van der Waals surface area contributed by atoms with E-state index in [1.165, 1.54) is 12.8 Å². The summed E-state index contributed by atoms with van der Waals surface area (Å²) in [6.45, 7) is 9.32. The number of rotatable bonds is 5. The van der Waals surface area contributed by atoms with Crippen LogP contribution >= 0.6 is 0 Å². The average molecular weight is 238 g/mol. The van der Waals surface area contributed by atoms with E-state index in [2.05, 4.69) is 48.5 Å². The highest BCUT2D eigenvalue weighted by molar-refractivity contribution is 5.20. The number of anilines is 1. The van der Waals surface area contributed by atoms with E-state index in [9.17, 15) is 0 Å². The van der Waals surface area contributed by atoms with Gasteiger partial charge in [-0.2, -0.15) is 0 Å². The summed E-state index contributed by atoms with van der Waals surface area (Å²) in [4.78, 5) is 0. The van der Waals surface area contributed by atoms with Crippen molar-refractivity contribution in [2.75, 3.05) is 5.32 Å². The predicted molar refractivity (Wildman–Crippen MR) is 66.7 cm³/mol. The Morgan fingerprint density at radius 2 is 2.06 bits per heavy atom. The Kier molecular flexibility index (Phi) is 3.38. The summed E-state index contributed by atoms with van der Waals surface area (Å²) >= 11 is 0. The first-order chi connectivity index (χ1) is 7.95. The smallest absolute Gasteiger partial charge is 0.315 e. The Labute approximate surface area is 102 Å². The quantitative estimate of drug-likeness (QED) is 0.823. The van der Waals surface area contributed by atoms with Gasteiger partial charge >= 0.3 is 6.01 Å². The zero-order valence-electron chi connectivity index (χ0n) is 11.1. The molecule has 2 rings (SSSR count). The van der Waals surface area contributed by atoms with Crippen molar-refractivity contribution in [3.05, 3.63) is 5.89 Å². The molecule has 1 aliphatic rings. The molecule has 1 unspecified atom stereocenters. The number of hydrogen-bond donors (Lipinski definition) is 2. The minimum Gasteiger partial charge on any atom is -0.407 e. The molecular weight excluding hydrogens is 216 g/mol. The third-order valence-electron chi connectivity index (χ3n) is 3.23. The molecule has 1 aromatic rings. The molecule has 96 valence electrons. The highest BCUT2D eigenvalue weighted by Gasteiger charge is 2.23. The molecule has 17 heavy (non-hydrogen) atoms. The van der Waals surface area contributed by atoms with Crippen LogP contribution in [0.5, 0.6) is 0 Å². The lowest BCUT2D eigenvalue weighted by Gasteiger charge is -2.26. The van der Waals surface area contributed by atoms with Gasteiger partial charge in [0.05, 0.1) is 6.54 Å². The zero-order chi connectivity index (χ0) is 12.5. The summed E-state index contributed by atoms with van der Waals surface area (Å²) in [6.07, 6.45) is 2.53. The van der Waals surface area contributed by atoms with Gasteiger partial charge in [-0.3, -0.25) is 0 Å². The minimum absolute atomic E-state index is 0.168. The van der Waals surface area contributed by atoms with Gasteiger partial charge in [-0.1, -0.05) is 25.9 Å². The molecule has 1 aromatic heterocycles. The third-order valence-corrected chi connectivity index (χ3v) is 3.23. The molecule has 0 bridgehead atoms. The summed E-state index contributed by atoms with van der Waals surface area (Å²) in [5.74, 6) is 0.653. The molecule has 2 N–H and O–H groups in total. The van der Waals surface area contributed by atoms with E-state index in [1.807, 2.05) is 0 Å². The Balaban J connectivity index is 1.84. The van der Waals surface area contributed by atoms with Crippen LogP contribution < -0.4 is 10.6 Å². The molecule has 1 aliphatic carbocycles. The lowest BCUT2D eigenvalue weighted by Crippen LogP contribution is -2.30. The first kappa shape index (κ1) is 12.4. The molecule has 0 aromatic carbocycles. The second kappa shape index (κ2) is 4.64. The van der Waals surface area contributed by atoms with E-state index in [1.54, 1.807) is 0 Å². The minimum atomic E-state index is 0.168. The predicted octanol–water partition coefficient (Wildman–Crippen LogP) is 2.17. The Morgan fingerprint density at radius 3 is 2.65 bits per heavy atom. The van der Waals surface area contributed by atoms with Crippen molar-refractivity contribution in [1.82, 2.24) is 15.5 Å². The van der Waals surface area contributed by atoms with Gasteiger partial charge in [0.1, 0.15) is 0 Å². The van der Waals surface area contributed by atoms with Crippen molar-refractivity contribution >= 4 is 6.01 Å². The fourth-order valence-corrected chi connectivity index (χ4v) is 1.30. The van der Waals surface area contributed by atoms with E-state index in [0.29, 0.717) is 24.5 Å². The number of aromatic nitrogens is 2. The van der Waals surface area contributed by atoms with E-state index >= 15 is 0 Å². The largest absolute Gasteiger partial charge is 0.407 e. The van der Waals surface area contributed by atoms with Crippen LogP contribution in [-0.2, 0) is 6.54 Å². The van der Waals surface area contributed by atoms with Gasteiger partial charge in [0, 0.05) is 12.1 Å². The van der Waals surface area contributed by atoms with E-state index in [-0.39, 0.29) is 11.5 Å². The highest BCUT2D eigenvalue weighted by Crippen LogP contribution is 2.22. The van der Waals surface area contributed by atoms with Crippen LogP contribution in [0.1, 0.15) is 46.4 Å². The van der Waals surface area contributed by atoms with Crippen molar-refractivity contribution in [1.29, 1.82) is 0 Å². The second-order valence-electron chi connectivity index (χ2n) is 5.89. The molecule has 0 radical (unpaired) electrons. The van der Waals surface area contributed by atoms with Gasteiger partial charge in [0.2, 0.25) is 5.89 Å². The van der Waals surface area contributed by atoms with Crippen LogP contribution in [0.4, 0.5) is 6.01 Å². The highest BCUT2D eigenvalue weighted by atomic mass is 16.4. The lowest BCUT2D eigenvalue weighted by atomic mass is 9.88. The maximum Gasteiger partial charge on any atom is 0.315 e. The molecule has 5 heteroatoms. The second-order valence-corrected chi connectivity index (χ2v) is 5.89. The maximum absolute atomic E-state index is 5.53. The SMILES string of the molecule is CC(Nc1nnc(CNC2CC2)o1)C(C)(C)C. The molecular formula is C12H22N4O. The van der Waals surface area contributed by atoms with Crippen molar-refractivity contribution in [2.45, 2.75) is 59.2 Å². The summed E-state index contributed by atoms with van der Waals surface area (Å²) in [7, 11) is 0. The molecule has 1 saturated carbocycles. The van der Waals surface area contributed by atoms with Crippen molar-refractivity contribution in [3.8, 4) is 0 Å². The standard InChI is InChI=1S/C12H22N4O/c1-8(12(2,3)4)14-11-16-15-10(17-11)7-13-9-5-6-9/h8-9,13H,5-7H2,1-4H3,(H,14,16). The van der Waals surface area contributed by atoms with Gasteiger partial charge in [0.15, 0.2) is 0 Å². The molecule has 1 heterocycles. The average Bonchev–Trinajstić information content (AvgIpc) is 2.95. The molecule has 1 atom stereocenters. The Bertz CT molecular complexity index is 365. The van der Waals surface area contributed by atoms with Crippen LogP contribution in [0.3, 0.4) is 0 Å². The van der Waals surface area contributed by atoms with Gasteiger partial charge in [0.25, 0.3) is 0 Å². The third kappa shape index (κ3) is 3.70. The van der Waals surface area contributed by atoms with Gasteiger partial charge in [-0.05, 0) is 25.2 Å². The molecule has 1 fully saturated rings. The van der Waals surface area contributed by atoms with Crippen molar-refractivity contribution in [3.63, 3.8) is 0 Å². The van der Waals surface area contributed by atoms with Gasteiger partial charge < -0.3 is 15.1 Å². The number of nitrogens with zero attached hydrogens (tertiary/aromatic N) is 2. The van der Waals surface area contributed by atoms with E-state index in [4.69, 9.17) is 4.42 Å². The number of hydrogen-bond acceptors (Lipinski definition) is 5. The fourth-order valence-electron chi connectivity index (χ4n) is 1.30.